The van der Waals surface area contributed by atoms with E-state index >= 15 is 0 Å². The Morgan fingerprint density at radius 1 is 1.50 bits per heavy atom. The summed E-state index contributed by atoms with van der Waals surface area (Å²) in [6, 6.07) is 2.89. The molecule has 1 aromatic rings. The minimum absolute atomic E-state index is 0.254. The number of nitrogens with zero attached hydrogens (tertiary/aromatic N) is 1. The average Bonchev–Trinajstić information content (AvgIpc) is 2.45. The van der Waals surface area contributed by atoms with Crippen molar-refractivity contribution < 1.29 is 19.4 Å². The van der Waals surface area contributed by atoms with Crippen LogP contribution in [0.15, 0.2) is 18.3 Å². The molecule has 0 saturated heterocycles. The van der Waals surface area contributed by atoms with Gasteiger partial charge in [0.2, 0.25) is 5.88 Å². The average molecular weight is 281 g/mol. The third-order valence-corrected chi connectivity index (χ3v) is 3.03. The number of hydrogen-bond acceptors (Lipinski definition) is 4. The summed E-state index contributed by atoms with van der Waals surface area (Å²) < 4.78 is 4.97. The number of carbonyl (C=O) groups excluding carboxylic acids is 1. The third kappa shape index (κ3) is 4.11. The number of aromatic nitrogens is 1. The largest absolute Gasteiger partial charge is 0.481 e. The smallest absolute Gasteiger partial charge is 0.329 e. The van der Waals surface area contributed by atoms with E-state index < -0.39 is 17.5 Å². The molecule has 1 rings (SSSR count). The molecular formula is C13H19N3O4. The minimum atomic E-state index is -1.28. The Morgan fingerprint density at radius 2 is 2.20 bits per heavy atom. The zero-order valence-corrected chi connectivity index (χ0v) is 11.8. The molecule has 0 aliphatic heterocycles. The first-order valence-electron chi connectivity index (χ1n) is 6.19. The number of carboxylic acid groups (broad SMARTS) is 1. The number of aliphatic carboxylic acids is 1. The number of carbonyl (C=O) groups is 2. The summed E-state index contributed by atoms with van der Waals surface area (Å²) in [5, 5.41) is 14.1. The molecule has 1 unspecified atom stereocenters. The molecule has 0 saturated carbocycles. The molecule has 0 aliphatic carbocycles. The van der Waals surface area contributed by atoms with E-state index in [4.69, 9.17) is 9.84 Å². The minimum Gasteiger partial charge on any atom is -0.481 e. The van der Waals surface area contributed by atoms with Crippen LogP contribution in [0.2, 0.25) is 0 Å². The first-order chi connectivity index (χ1) is 9.41. The fourth-order valence-electron chi connectivity index (χ4n) is 1.44. The van der Waals surface area contributed by atoms with Gasteiger partial charge in [0.15, 0.2) is 0 Å². The van der Waals surface area contributed by atoms with E-state index in [1.54, 1.807) is 25.3 Å². The predicted octanol–water partition coefficient (Wildman–Crippen LogP) is 1.14. The molecule has 0 aromatic carbocycles. The van der Waals surface area contributed by atoms with Gasteiger partial charge >= 0.3 is 12.0 Å². The maximum Gasteiger partial charge on any atom is 0.329 e. The Kier molecular flexibility index (Phi) is 5.31. The molecule has 20 heavy (non-hydrogen) atoms. The Morgan fingerprint density at radius 3 is 2.75 bits per heavy atom. The molecule has 2 amide bonds. The van der Waals surface area contributed by atoms with E-state index in [0.717, 1.165) is 5.56 Å². The maximum absolute atomic E-state index is 11.7. The molecule has 1 heterocycles. The summed E-state index contributed by atoms with van der Waals surface area (Å²) in [6.07, 6.45) is 1.86. The van der Waals surface area contributed by atoms with Crippen LogP contribution in [-0.4, -0.2) is 34.7 Å². The zero-order chi connectivity index (χ0) is 15.2. The maximum atomic E-state index is 11.7. The Bertz CT molecular complexity index is 492. The van der Waals surface area contributed by atoms with Crippen molar-refractivity contribution >= 4 is 12.0 Å². The van der Waals surface area contributed by atoms with Crippen molar-refractivity contribution in [2.45, 2.75) is 32.4 Å². The zero-order valence-electron chi connectivity index (χ0n) is 11.8. The summed E-state index contributed by atoms with van der Waals surface area (Å²) in [4.78, 5) is 26.7. The lowest BCUT2D eigenvalue weighted by atomic mass is 10.00. The van der Waals surface area contributed by atoms with Gasteiger partial charge in [-0.2, -0.15) is 0 Å². The molecule has 0 spiro atoms. The number of rotatable bonds is 6. The lowest BCUT2D eigenvalue weighted by Gasteiger charge is -2.24. The lowest BCUT2D eigenvalue weighted by Crippen LogP contribution is -2.54. The van der Waals surface area contributed by atoms with Crippen LogP contribution in [0.25, 0.3) is 0 Å². The van der Waals surface area contributed by atoms with Crippen LogP contribution in [0.5, 0.6) is 5.88 Å². The molecule has 0 aliphatic rings. The summed E-state index contributed by atoms with van der Waals surface area (Å²) in [5.41, 5.74) is -0.472. The topological polar surface area (TPSA) is 101 Å². The van der Waals surface area contributed by atoms with Crippen LogP contribution < -0.4 is 15.4 Å². The highest BCUT2D eigenvalue weighted by Crippen LogP contribution is 2.10. The van der Waals surface area contributed by atoms with Crippen LogP contribution in [0.4, 0.5) is 4.79 Å². The van der Waals surface area contributed by atoms with Crippen molar-refractivity contribution in [3.8, 4) is 5.88 Å². The van der Waals surface area contributed by atoms with E-state index in [2.05, 4.69) is 15.6 Å². The van der Waals surface area contributed by atoms with E-state index in [1.807, 2.05) is 0 Å². The fourth-order valence-corrected chi connectivity index (χ4v) is 1.44. The molecular weight excluding hydrogens is 262 g/mol. The summed E-state index contributed by atoms with van der Waals surface area (Å²) in [7, 11) is 1.51. The molecule has 1 atom stereocenters. The molecule has 7 nitrogen and oxygen atoms in total. The second-order valence-corrected chi connectivity index (χ2v) is 4.50. The highest BCUT2D eigenvalue weighted by molar-refractivity contribution is 5.85. The van der Waals surface area contributed by atoms with Crippen LogP contribution in [0, 0.1) is 0 Å². The quantitative estimate of drug-likeness (QED) is 0.726. The van der Waals surface area contributed by atoms with Gasteiger partial charge in [-0.25, -0.2) is 14.6 Å². The molecule has 110 valence electrons. The molecule has 3 N–H and O–H groups in total. The van der Waals surface area contributed by atoms with Crippen molar-refractivity contribution in [3.05, 3.63) is 23.9 Å². The van der Waals surface area contributed by atoms with Crippen molar-refractivity contribution in [2.24, 2.45) is 0 Å². The molecule has 7 heteroatoms. The third-order valence-electron chi connectivity index (χ3n) is 3.03. The van der Waals surface area contributed by atoms with Crippen LogP contribution >= 0.6 is 0 Å². The fraction of sp³-hybridized carbons (Fsp3) is 0.462. The molecule has 0 bridgehead atoms. The van der Waals surface area contributed by atoms with Gasteiger partial charge in [-0.3, -0.25) is 0 Å². The Balaban J connectivity index is 2.57. The van der Waals surface area contributed by atoms with E-state index in [-0.39, 0.29) is 6.54 Å². The van der Waals surface area contributed by atoms with E-state index in [1.165, 1.54) is 14.0 Å². The van der Waals surface area contributed by atoms with Gasteiger partial charge in [-0.05, 0) is 25.0 Å². The predicted molar refractivity (Wildman–Crippen MR) is 72.5 cm³/mol. The number of carboxylic acids is 1. The monoisotopic (exact) mass is 281 g/mol. The van der Waals surface area contributed by atoms with Gasteiger partial charge in [0, 0.05) is 18.8 Å². The van der Waals surface area contributed by atoms with Crippen LogP contribution in [-0.2, 0) is 11.3 Å². The SMILES string of the molecule is CCC(C)(NC(=O)NCc1ccnc(OC)c1)C(=O)O. The number of methoxy groups -OCH3 is 1. The number of pyridine rings is 1. The van der Waals surface area contributed by atoms with Gasteiger partial charge in [0.25, 0.3) is 0 Å². The summed E-state index contributed by atoms with van der Waals surface area (Å²) in [5.74, 6) is -0.616. The van der Waals surface area contributed by atoms with Crippen molar-refractivity contribution in [2.75, 3.05) is 7.11 Å². The number of amides is 2. The Hall–Kier alpha value is -2.31. The first-order valence-corrected chi connectivity index (χ1v) is 6.19. The van der Waals surface area contributed by atoms with Crippen molar-refractivity contribution in [3.63, 3.8) is 0 Å². The Labute approximate surface area is 117 Å². The number of ether oxygens (including phenoxy) is 1. The highest BCUT2D eigenvalue weighted by Gasteiger charge is 2.32. The van der Waals surface area contributed by atoms with Crippen molar-refractivity contribution in [1.29, 1.82) is 0 Å². The van der Waals surface area contributed by atoms with Crippen LogP contribution in [0.1, 0.15) is 25.8 Å². The molecule has 0 fully saturated rings. The van der Waals surface area contributed by atoms with Crippen LogP contribution in [0.3, 0.4) is 0 Å². The summed E-state index contributed by atoms with van der Waals surface area (Å²) in [6.45, 7) is 3.41. The van der Waals surface area contributed by atoms with E-state index in [9.17, 15) is 9.59 Å². The second-order valence-electron chi connectivity index (χ2n) is 4.50. The first kappa shape index (κ1) is 15.7. The lowest BCUT2D eigenvalue weighted by molar-refractivity contribution is -0.143. The number of urea groups is 1. The second kappa shape index (κ2) is 6.74. The molecule has 1 aromatic heterocycles. The van der Waals surface area contributed by atoms with Gasteiger partial charge < -0.3 is 20.5 Å². The van der Waals surface area contributed by atoms with Gasteiger partial charge in [-0.1, -0.05) is 6.92 Å². The number of hydrogen-bond donors (Lipinski definition) is 3. The van der Waals surface area contributed by atoms with Gasteiger partial charge in [0.1, 0.15) is 5.54 Å². The standard InChI is InChI=1S/C13H19N3O4/c1-4-13(2,11(17)18)16-12(19)15-8-9-5-6-14-10(7-9)20-3/h5-7H,4,8H2,1-3H3,(H,17,18)(H2,15,16,19). The molecule has 0 radical (unpaired) electrons. The van der Waals surface area contributed by atoms with Gasteiger partial charge in [0.05, 0.1) is 7.11 Å². The summed E-state index contributed by atoms with van der Waals surface area (Å²) >= 11 is 0. The van der Waals surface area contributed by atoms with Gasteiger partial charge in [-0.15, -0.1) is 0 Å². The highest BCUT2D eigenvalue weighted by atomic mass is 16.5. The van der Waals surface area contributed by atoms with Crippen molar-refractivity contribution in [1.82, 2.24) is 15.6 Å². The van der Waals surface area contributed by atoms with E-state index in [0.29, 0.717) is 12.3 Å². The number of nitrogens with one attached hydrogen (secondary N) is 2. The normalized spacial score (nSPS) is 13.2.